The Bertz CT molecular complexity index is 1120. The highest BCUT2D eigenvalue weighted by Gasteiger charge is 2.16. The topological polar surface area (TPSA) is 60.3 Å². The molecule has 2 aromatic carbocycles. The Labute approximate surface area is 162 Å². The molecule has 0 saturated carbocycles. The van der Waals surface area contributed by atoms with E-state index in [0.717, 1.165) is 45.5 Å². The van der Waals surface area contributed by atoms with E-state index in [1.54, 1.807) is 0 Å². The van der Waals surface area contributed by atoms with Crippen LogP contribution in [0.25, 0.3) is 34.0 Å². The zero-order valence-corrected chi connectivity index (χ0v) is 15.7. The molecule has 0 spiro atoms. The van der Waals surface area contributed by atoms with Gasteiger partial charge in [-0.05, 0) is 47.9 Å². The van der Waals surface area contributed by atoms with Crippen LogP contribution in [0.5, 0.6) is 11.5 Å². The quantitative estimate of drug-likeness (QED) is 0.488. The van der Waals surface area contributed by atoms with Gasteiger partial charge >= 0.3 is 0 Å². The molecule has 0 unspecified atom stereocenters. The van der Waals surface area contributed by atoms with Gasteiger partial charge in [-0.1, -0.05) is 38.1 Å². The minimum Gasteiger partial charge on any atom is -0.454 e. The second-order valence-corrected chi connectivity index (χ2v) is 7.18. The van der Waals surface area contributed by atoms with Gasteiger partial charge in [0, 0.05) is 11.1 Å². The van der Waals surface area contributed by atoms with E-state index in [1.165, 1.54) is 5.56 Å². The number of rotatable bonds is 4. The lowest BCUT2D eigenvalue weighted by molar-refractivity contribution is 0.174. The summed E-state index contributed by atoms with van der Waals surface area (Å²) in [5.74, 6) is 3.61. The van der Waals surface area contributed by atoms with Gasteiger partial charge in [0.05, 0.1) is 5.69 Å². The van der Waals surface area contributed by atoms with Gasteiger partial charge in [-0.3, -0.25) is 5.10 Å². The minimum atomic E-state index is 0.262. The Morgan fingerprint density at radius 1 is 0.821 bits per heavy atom. The van der Waals surface area contributed by atoms with E-state index >= 15 is 0 Å². The predicted molar refractivity (Wildman–Crippen MR) is 107 cm³/mol. The van der Waals surface area contributed by atoms with E-state index in [1.807, 2.05) is 36.4 Å². The van der Waals surface area contributed by atoms with Crippen LogP contribution in [0.4, 0.5) is 0 Å². The summed E-state index contributed by atoms with van der Waals surface area (Å²) >= 11 is 0. The summed E-state index contributed by atoms with van der Waals surface area (Å²) in [5, 5.41) is 7.48. The lowest BCUT2D eigenvalue weighted by atomic mass is 10.0. The van der Waals surface area contributed by atoms with Crippen LogP contribution < -0.4 is 9.47 Å². The Hall–Kier alpha value is -3.47. The average molecular weight is 372 g/mol. The van der Waals surface area contributed by atoms with Gasteiger partial charge in [0.15, 0.2) is 17.3 Å². The highest BCUT2D eigenvalue weighted by molar-refractivity contribution is 5.70. The van der Waals surface area contributed by atoms with Crippen LogP contribution in [0.3, 0.4) is 0 Å². The summed E-state index contributed by atoms with van der Waals surface area (Å²) in [6.45, 7) is 4.64. The number of furan rings is 1. The highest BCUT2D eigenvalue weighted by Crippen LogP contribution is 2.36. The van der Waals surface area contributed by atoms with Gasteiger partial charge in [-0.2, -0.15) is 5.10 Å². The number of hydrogen-bond donors (Lipinski definition) is 1. The van der Waals surface area contributed by atoms with Gasteiger partial charge in [0.25, 0.3) is 0 Å². The molecule has 1 aliphatic rings. The molecular formula is C23H20N2O3. The number of hydrogen-bond acceptors (Lipinski definition) is 4. The first-order chi connectivity index (χ1) is 13.7. The van der Waals surface area contributed by atoms with E-state index in [0.29, 0.717) is 5.92 Å². The average Bonchev–Trinajstić information content (AvgIpc) is 3.47. The first-order valence-electron chi connectivity index (χ1n) is 9.33. The fraction of sp³-hybridized carbons (Fsp3) is 0.174. The molecular weight excluding hydrogens is 352 g/mol. The maximum atomic E-state index is 6.06. The number of aromatic nitrogens is 2. The normalized spacial score (nSPS) is 12.7. The molecule has 0 atom stereocenters. The Morgan fingerprint density at radius 3 is 2.39 bits per heavy atom. The third kappa shape index (κ3) is 2.95. The largest absolute Gasteiger partial charge is 0.454 e. The third-order valence-corrected chi connectivity index (χ3v) is 4.98. The highest BCUT2D eigenvalue weighted by atomic mass is 16.7. The molecule has 5 nitrogen and oxygen atoms in total. The van der Waals surface area contributed by atoms with Crippen molar-refractivity contribution in [2.24, 2.45) is 0 Å². The van der Waals surface area contributed by atoms with Crippen LogP contribution in [-0.2, 0) is 0 Å². The van der Waals surface area contributed by atoms with Gasteiger partial charge < -0.3 is 13.9 Å². The Kier molecular flexibility index (Phi) is 3.93. The molecule has 4 aromatic rings. The number of ether oxygens (including phenoxy) is 2. The van der Waals surface area contributed by atoms with Crippen LogP contribution in [0.2, 0.25) is 0 Å². The monoisotopic (exact) mass is 372 g/mol. The van der Waals surface area contributed by atoms with Crippen molar-refractivity contribution in [2.75, 3.05) is 6.79 Å². The van der Waals surface area contributed by atoms with Gasteiger partial charge in [0.1, 0.15) is 11.5 Å². The summed E-state index contributed by atoms with van der Waals surface area (Å²) in [4.78, 5) is 0. The number of H-pyrrole nitrogens is 1. The van der Waals surface area contributed by atoms with Crippen molar-refractivity contribution in [2.45, 2.75) is 19.8 Å². The molecule has 0 amide bonds. The molecule has 5 heteroatoms. The van der Waals surface area contributed by atoms with Gasteiger partial charge in [0.2, 0.25) is 6.79 Å². The second kappa shape index (κ2) is 6.60. The summed E-state index contributed by atoms with van der Waals surface area (Å²) in [5.41, 5.74) is 5.00. The minimum absolute atomic E-state index is 0.262. The number of nitrogens with one attached hydrogen (secondary N) is 1. The van der Waals surface area contributed by atoms with E-state index in [-0.39, 0.29) is 6.79 Å². The zero-order valence-electron chi connectivity index (χ0n) is 15.7. The second-order valence-electron chi connectivity index (χ2n) is 7.18. The summed E-state index contributed by atoms with van der Waals surface area (Å²) in [7, 11) is 0. The van der Waals surface area contributed by atoms with E-state index in [4.69, 9.17) is 13.9 Å². The van der Waals surface area contributed by atoms with Crippen LogP contribution >= 0.6 is 0 Å². The maximum Gasteiger partial charge on any atom is 0.231 e. The lowest BCUT2D eigenvalue weighted by Crippen LogP contribution is -1.92. The molecule has 0 radical (unpaired) electrons. The fourth-order valence-corrected chi connectivity index (χ4v) is 3.32. The summed E-state index contributed by atoms with van der Waals surface area (Å²) in [6.07, 6.45) is 0. The van der Waals surface area contributed by atoms with Crippen molar-refractivity contribution in [3.63, 3.8) is 0 Å². The molecule has 3 heterocycles. The zero-order chi connectivity index (χ0) is 19.1. The standard InChI is InChI=1S/C23H20N2O3/c1-14(2)15-3-5-16(6-4-15)20-9-10-21(28-20)19-12-18(24-25-19)17-7-8-22-23(11-17)27-13-26-22/h3-12,14H,13H2,1-2H3,(H,24,25). The van der Waals surface area contributed by atoms with Crippen LogP contribution in [0.15, 0.2) is 65.1 Å². The predicted octanol–water partition coefficient (Wildman–Crippen LogP) is 5.86. The van der Waals surface area contributed by atoms with Gasteiger partial charge in [-0.25, -0.2) is 0 Å². The summed E-state index contributed by atoms with van der Waals surface area (Å²) < 4.78 is 16.9. The first-order valence-corrected chi connectivity index (χ1v) is 9.33. The Morgan fingerprint density at radius 2 is 1.57 bits per heavy atom. The van der Waals surface area contributed by atoms with Crippen molar-refractivity contribution in [1.29, 1.82) is 0 Å². The van der Waals surface area contributed by atoms with Crippen LogP contribution in [0.1, 0.15) is 25.3 Å². The molecule has 0 bridgehead atoms. The van der Waals surface area contributed by atoms with E-state index in [9.17, 15) is 0 Å². The van der Waals surface area contributed by atoms with Crippen molar-refractivity contribution in [3.8, 4) is 45.5 Å². The van der Waals surface area contributed by atoms with E-state index in [2.05, 4.69) is 48.3 Å². The molecule has 28 heavy (non-hydrogen) atoms. The van der Waals surface area contributed by atoms with Crippen LogP contribution in [-0.4, -0.2) is 17.0 Å². The van der Waals surface area contributed by atoms with E-state index < -0.39 is 0 Å². The summed E-state index contributed by atoms with van der Waals surface area (Å²) in [6, 6.07) is 20.2. The van der Waals surface area contributed by atoms with Crippen molar-refractivity contribution in [3.05, 3.63) is 66.2 Å². The van der Waals surface area contributed by atoms with Crippen molar-refractivity contribution in [1.82, 2.24) is 10.2 Å². The molecule has 1 aliphatic heterocycles. The molecule has 1 N–H and O–H groups in total. The molecule has 0 saturated heterocycles. The first kappa shape index (κ1) is 16.7. The number of nitrogens with zero attached hydrogens (tertiary/aromatic N) is 1. The SMILES string of the molecule is CC(C)c1ccc(-c2ccc(-c3cc(-c4ccc5c(c4)OCO5)n[nH]3)o2)cc1. The van der Waals surface area contributed by atoms with Crippen LogP contribution in [0, 0.1) is 0 Å². The lowest BCUT2D eigenvalue weighted by Gasteiger charge is -2.05. The van der Waals surface area contributed by atoms with Crippen molar-refractivity contribution >= 4 is 0 Å². The molecule has 0 fully saturated rings. The molecule has 140 valence electrons. The number of aromatic amines is 1. The van der Waals surface area contributed by atoms with Crippen molar-refractivity contribution < 1.29 is 13.9 Å². The fourth-order valence-electron chi connectivity index (χ4n) is 3.32. The molecule has 5 rings (SSSR count). The Balaban J connectivity index is 1.41. The molecule has 0 aliphatic carbocycles. The number of benzene rings is 2. The van der Waals surface area contributed by atoms with Gasteiger partial charge in [-0.15, -0.1) is 0 Å². The maximum absolute atomic E-state index is 6.06. The number of fused-ring (bicyclic) bond motifs is 1. The third-order valence-electron chi connectivity index (χ3n) is 4.98. The smallest absolute Gasteiger partial charge is 0.231 e. The molecule has 2 aromatic heterocycles.